The number of nitrogens with zero attached hydrogens (tertiary/aromatic N) is 2. The van der Waals surface area contributed by atoms with Crippen molar-refractivity contribution >= 4 is 5.69 Å². The van der Waals surface area contributed by atoms with E-state index in [1.54, 1.807) is 0 Å². The molecule has 2 heteroatoms. The van der Waals surface area contributed by atoms with E-state index in [-0.39, 0.29) is 0 Å². The lowest BCUT2D eigenvalue weighted by Crippen LogP contribution is -2.55. The van der Waals surface area contributed by atoms with Crippen molar-refractivity contribution in [1.82, 2.24) is 4.90 Å². The van der Waals surface area contributed by atoms with Gasteiger partial charge in [0, 0.05) is 30.9 Å². The van der Waals surface area contributed by atoms with Gasteiger partial charge in [-0.15, -0.1) is 0 Å². The monoisotopic (exact) mass is 272 g/mol. The first-order chi connectivity index (χ1) is 9.78. The first-order valence-corrected chi connectivity index (χ1v) is 8.37. The van der Waals surface area contributed by atoms with Gasteiger partial charge in [-0.1, -0.05) is 25.5 Å². The lowest BCUT2D eigenvalue weighted by atomic mass is 10.0. The molecule has 2 aliphatic rings. The Kier molecular flexibility index (Phi) is 4.30. The van der Waals surface area contributed by atoms with Crippen LogP contribution in [0.1, 0.15) is 45.1 Å². The van der Waals surface area contributed by atoms with Gasteiger partial charge in [-0.3, -0.25) is 4.90 Å². The second-order valence-electron chi connectivity index (χ2n) is 6.56. The molecule has 0 aliphatic carbocycles. The van der Waals surface area contributed by atoms with Gasteiger partial charge in [-0.2, -0.15) is 0 Å². The van der Waals surface area contributed by atoms with Crippen LogP contribution in [0.3, 0.4) is 0 Å². The predicted molar refractivity (Wildman–Crippen MR) is 86.5 cm³/mol. The van der Waals surface area contributed by atoms with Crippen LogP contribution in [0, 0.1) is 0 Å². The van der Waals surface area contributed by atoms with Crippen LogP contribution < -0.4 is 4.90 Å². The van der Waals surface area contributed by atoms with Crippen molar-refractivity contribution in [2.75, 3.05) is 24.5 Å². The summed E-state index contributed by atoms with van der Waals surface area (Å²) in [7, 11) is 0. The molecule has 2 aliphatic heterocycles. The maximum Gasteiger partial charge on any atom is 0.0389 e. The third-order valence-corrected chi connectivity index (χ3v) is 5.02. The fourth-order valence-electron chi connectivity index (χ4n) is 3.78. The smallest absolute Gasteiger partial charge is 0.0389 e. The number of rotatable bonds is 4. The van der Waals surface area contributed by atoms with E-state index in [1.807, 2.05) is 0 Å². The molecule has 2 heterocycles. The van der Waals surface area contributed by atoms with Crippen molar-refractivity contribution in [2.24, 2.45) is 0 Å². The van der Waals surface area contributed by atoms with E-state index in [0.29, 0.717) is 6.04 Å². The fraction of sp³-hybridized carbons (Fsp3) is 0.667. The summed E-state index contributed by atoms with van der Waals surface area (Å²) in [5, 5.41) is 0. The zero-order chi connectivity index (χ0) is 13.9. The van der Waals surface area contributed by atoms with E-state index in [2.05, 4.69) is 47.9 Å². The van der Waals surface area contributed by atoms with Crippen molar-refractivity contribution in [2.45, 2.75) is 58.0 Å². The number of anilines is 1. The number of hydrogen-bond acceptors (Lipinski definition) is 2. The molecule has 2 fully saturated rings. The van der Waals surface area contributed by atoms with Gasteiger partial charge in [0.1, 0.15) is 0 Å². The van der Waals surface area contributed by atoms with Crippen LogP contribution in [0.5, 0.6) is 0 Å². The molecule has 0 aromatic heterocycles. The van der Waals surface area contributed by atoms with E-state index >= 15 is 0 Å². The minimum atomic E-state index is 0.644. The summed E-state index contributed by atoms with van der Waals surface area (Å²) in [6, 6.07) is 10.8. The molecule has 0 amide bonds. The lowest BCUT2D eigenvalue weighted by molar-refractivity contribution is 0.203. The number of benzene rings is 1. The number of piperazine rings is 1. The second kappa shape index (κ2) is 6.17. The van der Waals surface area contributed by atoms with E-state index in [9.17, 15) is 0 Å². The molecule has 0 N–H and O–H groups in total. The zero-order valence-electron chi connectivity index (χ0n) is 13.0. The predicted octanol–water partition coefficient (Wildman–Crippen LogP) is 3.70. The molecule has 1 aromatic rings. The van der Waals surface area contributed by atoms with E-state index < -0.39 is 0 Å². The quantitative estimate of drug-likeness (QED) is 0.824. The molecule has 1 aromatic carbocycles. The Bertz CT molecular complexity index is 426. The third-order valence-electron chi connectivity index (χ3n) is 5.02. The van der Waals surface area contributed by atoms with Gasteiger partial charge in [-0.25, -0.2) is 0 Å². The Morgan fingerprint density at radius 3 is 2.70 bits per heavy atom. The van der Waals surface area contributed by atoms with Gasteiger partial charge in [0.25, 0.3) is 0 Å². The fourth-order valence-corrected chi connectivity index (χ4v) is 3.78. The normalized spacial score (nSPS) is 26.8. The molecule has 2 nitrogen and oxygen atoms in total. The van der Waals surface area contributed by atoms with Crippen LogP contribution in [0.4, 0.5) is 5.69 Å². The highest BCUT2D eigenvalue weighted by Gasteiger charge is 2.34. The van der Waals surface area contributed by atoms with Crippen LogP contribution in [0.2, 0.25) is 0 Å². The molecule has 0 bridgehead atoms. The van der Waals surface area contributed by atoms with Gasteiger partial charge in [0.15, 0.2) is 0 Å². The van der Waals surface area contributed by atoms with E-state index in [1.165, 1.54) is 63.0 Å². The van der Waals surface area contributed by atoms with Gasteiger partial charge >= 0.3 is 0 Å². The van der Waals surface area contributed by atoms with Crippen LogP contribution in [0.25, 0.3) is 0 Å². The summed E-state index contributed by atoms with van der Waals surface area (Å²) < 4.78 is 0. The SMILES string of the molecule is CCCCc1ccc(N2CC3CCCN3CC2C)cc1. The number of unbranched alkanes of at least 4 members (excludes halogenated alkanes) is 1. The highest BCUT2D eigenvalue weighted by molar-refractivity contribution is 5.49. The minimum Gasteiger partial charge on any atom is -0.366 e. The van der Waals surface area contributed by atoms with Crippen LogP contribution >= 0.6 is 0 Å². The average molecular weight is 272 g/mol. The van der Waals surface area contributed by atoms with Crippen LogP contribution in [-0.2, 0) is 6.42 Å². The molecular weight excluding hydrogens is 244 g/mol. The number of hydrogen-bond donors (Lipinski definition) is 0. The Morgan fingerprint density at radius 1 is 1.15 bits per heavy atom. The molecule has 3 rings (SSSR count). The first-order valence-electron chi connectivity index (χ1n) is 8.37. The molecule has 0 saturated carbocycles. The van der Waals surface area contributed by atoms with Crippen molar-refractivity contribution in [1.29, 1.82) is 0 Å². The molecule has 20 heavy (non-hydrogen) atoms. The Morgan fingerprint density at radius 2 is 1.95 bits per heavy atom. The van der Waals surface area contributed by atoms with Crippen molar-refractivity contribution in [3.8, 4) is 0 Å². The standard InChI is InChI=1S/C18H28N2/c1-3-4-6-16-8-10-17(11-9-16)20-14-18-7-5-12-19(18)13-15(20)2/h8-11,15,18H,3-7,12-14H2,1-2H3. The molecule has 2 atom stereocenters. The largest absolute Gasteiger partial charge is 0.366 e. The molecular formula is C18H28N2. The molecule has 2 unspecified atom stereocenters. The maximum atomic E-state index is 2.69. The highest BCUT2D eigenvalue weighted by Crippen LogP contribution is 2.28. The minimum absolute atomic E-state index is 0.644. The van der Waals surface area contributed by atoms with Gasteiger partial charge < -0.3 is 4.90 Å². The summed E-state index contributed by atoms with van der Waals surface area (Å²) in [5.74, 6) is 0. The van der Waals surface area contributed by atoms with Gasteiger partial charge in [0.2, 0.25) is 0 Å². The Hall–Kier alpha value is -1.02. The lowest BCUT2D eigenvalue weighted by Gasteiger charge is -2.43. The van der Waals surface area contributed by atoms with Crippen molar-refractivity contribution in [3.05, 3.63) is 29.8 Å². The summed E-state index contributed by atoms with van der Waals surface area (Å²) in [5.41, 5.74) is 2.91. The summed E-state index contributed by atoms with van der Waals surface area (Å²) >= 11 is 0. The van der Waals surface area contributed by atoms with Crippen molar-refractivity contribution < 1.29 is 0 Å². The van der Waals surface area contributed by atoms with Crippen LogP contribution in [-0.4, -0.2) is 36.6 Å². The zero-order valence-corrected chi connectivity index (χ0v) is 13.0. The Balaban J connectivity index is 1.68. The number of fused-ring (bicyclic) bond motifs is 1. The Labute approximate surface area is 123 Å². The van der Waals surface area contributed by atoms with E-state index in [0.717, 1.165) is 6.04 Å². The number of aryl methyl sites for hydroxylation is 1. The van der Waals surface area contributed by atoms with Gasteiger partial charge in [0.05, 0.1) is 0 Å². The third kappa shape index (κ3) is 2.85. The summed E-state index contributed by atoms with van der Waals surface area (Å²) in [6.45, 7) is 8.41. The molecule has 0 radical (unpaired) electrons. The topological polar surface area (TPSA) is 6.48 Å². The van der Waals surface area contributed by atoms with E-state index in [4.69, 9.17) is 0 Å². The van der Waals surface area contributed by atoms with Crippen LogP contribution in [0.15, 0.2) is 24.3 Å². The highest BCUT2D eigenvalue weighted by atomic mass is 15.3. The van der Waals surface area contributed by atoms with Crippen molar-refractivity contribution in [3.63, 3.8) is 0 Å². The average Bonchev–Trinajstić information content (AvgIpc) is 2.92. The molecule has 110 valence electrons. The summed E-state index contributed by atoms with van der Waals surface area (Å²) in [6.07, 6.45) is 6.58. The first kappa shape index (κ1) is 13.9. The summed E-state index contributed by atoms with van der Waals surface area (Å²) in [4.78, 5) is 5.31. The van der Waals surface area contributed by atoms with Gasteiger partial charge in [-0.05, 0) is 56.8 Å². The second-order valence-corrected chi connectivity index (χ2v) is 6.56. The molecule has 0 spiro atoms. The molecule has 2 saturated heterocycles. The maximum absolute atomic E-state index is 2.69.